The van der Waals surface area contributed by atoms with Crippen LogP contribution in [0.25, 0.3) is 0 Å². The van der Waals surface area contributed by atoms with Crippen LogP contribution >= 0.6 is 0 Å². The maximum atomic E-state index is 5.85. The Balaban J connectivity index is 1.79. The van der Waals surface area contributed by atoms with Gasteiger partial charge in [-0.3, -0.25) is 0 Å². The van der Waals surface area contributed by atoms with Gasteiger partial charge in [0.2, 0.25) is 5.88 Å². The van der Waals surface area contributed by atoms with Gasteiger partial charge in [-0.2, -0.15) is 0 Å². The van der Waals surface area contributed by atoms with E-state index in [1.807, 2.05) is 31.3 Å². The van der Waals surface area contributed by atoms with Gasteiger partial charge < -0.3 is 10.1 Å². The summed E-state index contributed by atoms with van der Waals surface area (Å²) in [5, 5.41) is 3.14. The van der Waals surface area contributed by atoms with Crippen molar-refractivity contribution < 1.29 is 4.74 Å². The van der Waals surface area contributed by atoms with E-state index < -0.39 is 0 Å². The molecule has 0 unspecified atom stereocenters. The summed E-state index contributed by atoms with van der Waals surface area (Å²) < 4.78 is 5.85. The van der Waals surface area contributed by atoms with E-state index >= 15 is 0 Å². The molecule has 0 aliphatic heterocycles. The van der Waals surface area contributed by atoms with Crippen LogP contribution in [0.5, 0.6) is 11.6 Å². The van der Waals surface area contributed by atoms with Crippen LogP contribution in [-0.4, -0.2) is 12.0 Å². The first-order valence-corrected chi connectivity index (χ1v) is 6.75. The third kappa shape index (κ3) is 2.76. The van der Waals surface area contributed by atoms with Crippen molar-refractivity contribution >= 4 is 0 Å². The number of fused-ring (bicyclic) bond motifs is 1. The van der Waals surface area contributed by atoms with Crippen molar-refractivity contribution in [3.63, 3.8) is 0 Å². The average molecular weight is 254 g/mol. The second-order valence-corrected chi connectivity index (χ2v) is 4.89. The molecule has 0 radical (unpaired) electrons. The summed E-state index contributed by atoms with van der Waals surface area (Å²) in [6, 6.07) is 12.2. The number of rotatable bonds is 4. The normalized spacial score (nSPS) is 13.3. The van der Waals surface area contributed by atoms with E-state index in [4.69, 9.17) is 4.74 Å². The number of pyridine rings is 1. The molecule has 3 rings (SSSR count). The molecular weight excluding hydrogens is 236 g/mol. The lowest BCUT2D eigenvalue weighted by molar-refractivity contribution is 0.460. The SMILES string of the molecule is CNCc1cccc(Oc2ccc3c(n2)CCC3)c1. The van der Waals surface area contributed by atoms with Gasteiger partial charge >= 0.3 is 0 Å². The molecule has 0 saturated carbocycles. The standard InChI is InChI=1S/C16H18N2O/c1-17-11-12-4-2-6-14(10-12)19-16-9-8-13-5-3-7-15(13)18-16/h2,4,6,8-10,17H,3,5,7,11H2,1H3. The minimum absolute atomic E-state index is 0.697. The quantitative estimate of drug-likeness (QED) is 0.910. The van der Waals surface area contributed by atoms with Crippen molar-refractivity contribution in [2.45, 2.75) is 25.8 Å². The van der Waals surface area contributed by atoms with Crippen molar-refractivity contribution in [1.82, 2.24) is 10.3 Å². The van der Waals surface area contributed by atoms with Crippen molar-refractivity contribution in [3.05, 3.63) is 53.2 Å². The molecule has 19 heavy (non-hydrogen) atoms. The lowest BCUT2D eigenvalue weighted by Gasteiger charge is -2.08. The topological polar surface area (TPSA) is 34.1 Å². The van der Waals surface area contributed by atoms with Gasteiger partial charge in [0.1, 0.15) is 5.75 Å². The Morgan fingerprint density at radius 1 is 1.21 bits per heavy atom. The number of benzene rings is 1. The van der Waals surface area contributed by atoms with Gasteiger partial charge in [-0.1, -0.05) is 18.2 Å². The van der Waals surface area contributed by atoms with Crippen LogP contribution in [-0.2, 0) is 19.4 Å². The molecule has 1 aromatic heterocycles. The Hall–Kier alpha value is -1.87. The zero-order chi connectivity index (χ0) is 13.1. The smallest absolute Gasteiger partial charge is 0.219 e. The maximum absolute atomic E-state index is 5.85. The second-order valence-electron chi connectivity index (χ2n) is 4.89. The molecule has 3 nitrogen and oxygen atoms in total. The first-order chi connectivity index (χ1) is 9.35. The highest BCUT2D eigenvalue weighted by Crippen LogP contribution is 2.26. The molecule has 1 aliphatic rings. The number of nitrogens with one attached hydrogen (secondary N) is 1. The molecule has 0 fully saturated rings. The number of nitrogens with zero attached hydrogens (tertiary/aromatic N) is 1. The molecule has 1 aliphatic carbocycles. The van der Waals surface area contributed by atoms with Crippen molar-refractivity contribution in [3.8, 4) is 11.6 Å². The fourth-order valence-corrected chi connectivity index (χ4v) is 2.50. The molecule has 2 aromatic rings. The third-order valence-electron chi connectivity index (χ3n) is 3.40. The Bertz CT molecular complexity index is 581. The van der Waals surface area contributed by atoms with Gasteiger partial charge in [0.05, 0.1) is 0 Å². The number of aromatic nitrogens is 1. The summed E-state index contributed by atoms with van der Waals surface area (Å²) >= 11 is 0. The van der Waals surface area contributed by atoms with Gasteiger partial charge in [0, 0.05) is 18.3 Å². The van der Waals surface area contributed by atoms with E-state index in [1.54, 1.807) is 0 Å². The minimum atomic E-state index is 0.697. The lowest BCUT2D eigenvalue weighted by atomic mass is 10.2. The number of hydrogen-bond donors (Lipinski definition) is 1. The Morgan fingerprint density at radius 3 is 3.05 bits per heavy atom. The highest BCUT2D eigenvalue weighted by Gasteiger charge is 2.13. The Labute approximate surface area is 113 Å². The fourth-order valence-electron chi connectivity index (χ4n) is 2.50. The van der Waals surface area contributed by atoms with Gasteiger partial charge in [0.15, 0.2) is 0 Å². The van der Waals surface area contributed by atoms with E-state index in [-0.39, 0.29) is 0 Å². The Morgan fingerprint density at radius 2 is 2.16 bits per heavy atom. The van der Waals surface area contributed by atoms with Crippen LogP contribution < -0.4 is 10.1 Å². The van der Waals surface area contributed by atoms with Crippen molar-refractivity contribution in [2.24, 2.45) is 0 Å². The van der Waals surface area contributed by atoms with Crippen molar-refractivity contribution in [2.75, 3.05) is 7.05 Å². The van der Waals surface area contributed by atoms with E-state index in [9.17, 15) is 0 Å². The van der Waals surface area contributed by atoms with Crippen LogP contribution in [0.1, 0.15) is 23.2 Å². The molecule has 1 N–H and O–H groups in total. The molecule has 0 atom stereocenters. The Kier molecular flexibility index (Phi) is 3.47. The van der Waals surface area contributed by atoms with Gasteiger partial charge in [0.25, 0.3) is 0 Å². The van der Waals surface area contributed by atoms with E-state index in [1.165, 1.54) is 23.2 Å². The molecule has 1 aromatic carbocycles. The highest BCUT2D eigenvalue weighted by atomic mass is 16.5. The first-order valence-electron chi connectivity index (χ1n) is 6.75. The summed E-state index contributed by atoms with van der Waals surface area (Å²) in [6.07, 6.45) is 3.44. The molecule has 98 valence electrons. The first kappa shape index (κ1) is 12.2. The largest absolute Gasteiger partial charge is 0.439 e. The fraction of sp³-hybridized carbons (Fsp3) is 0.312. The van der Waals surface area contributed by atoms with E-state index in [0.29, 0.717) is 5.88 Å². The van der Waals surface area contributed by atoms with Crippen LogP contribution in [0, 0.1) is 0 Å². The van der Waals surface area contributed by atoms with Gasteiger partial charge in [-0.15, -0.1) is 0 Å². The zero-order valence-electron chi connectivity index (χ0n) is 11.1. The van der Waals surface area contributed by atoms with E-state index in [2.05, 4.69) is 22.4 Å². The average Bonchev–Trinajstić information content (AvgIpc) is 2.87. The molecule has 0 bridgehead atoms. The third-order valence-corrected chi connectivity index (χ3v) is 3.40. The summed E-state index contributed by atoms with van der Waals surface area (Å²) in [4.78, 5) is 4.59. The maximum Gasteiger partial charge on any atom is 0.219 e. The van der Waals surface area contributed by atoms with E-state index in [0.717, 1.165) is 25.1 Å². The molecule has 0 saturated heterocycles. The van der Waals surface area contributed by atoms with Crippen LogP contribution in [0.2, 0.25) is 0 Å². The summed E-state index contributed by atoms with van der Waals surface area (Å²) in [7, 11) is 1.94. The molecule has 0 spiro atoms. The lowest BCUT2D eigenvalue weighted by Crippen LogP contribution is -2.04. The molecule has 0 amide bonds. The monoisotopic (exact) mass is 254 g/mol. The van der Waals surface area contributed by atoms with Crippen molar-refractivity contribution in [1.29, 1.82) is 0 Å². The van der Waals surface area contributed by atoms with Crippen LogP contribution in [0.4, 0.5) is 0 Å². The predicted molar refractivity (Wildman–Crippen MR) is 75.5 cm³/mol. The van der Waals surface area contributed by atoms with Crippen LogP contribution in [0.15, 0.2) is 36.4 Å². The predicted octanol–water partition coefficient (Wildman–Crippen LogP) is 3.08. The van der Waals surface area contributed by atoms with Gasteiger partial charge in [-0.25, -0.2) is 4.98 Å². The minimum Gasteiger partial charge on any atom is -0.439 e. The number of ether oxygens (including phenoxy) is 1. The summed E-state index contributed by atoms with van der Waals surface area (Å²) in [5.41, 5.74) is 3.78. The molecule has 3 heteroatoms. The van der Waals surface area contributed by atoms with Gasteiger partial charge in [-0.05, 0) is 49.6 Å². The zero-order valence-corrected chi connectivity index (χ0v) is 11.1. The second kappa shape index (κ2) is 5.41. The number of hydrogen-bond acceptors (Lipinski definition) is 3. The summed E-state index contributed by atoms with van der Waals surface area (Å²) in [5.74, 6) is 1.54. The summed E-state index contributed by atoms with van der Waals surface area (Å²) in [6.45, 7) is 0.842. The molecular formula is C16H18N2O. The van der Waals surface area contributed by atoms with Crippen LogP contribution in [0.3, 0.4) is 0 Å². The number of aryl methyl sites for hydroxylation is 2. The highest BCUT2D eigenvalue weighted by molar-refractivity contribution is 5.34. The molecule has 1 heterocycles.